The van der Waals surface area contributed by atoms with E-state index in [1.165, 1.54) is 0 Å². The molecule has 1 unspecified atom stereocenters. The molecule has 0 radical (unpaired) electrons. The van der Waals surface area contributed by atoms with Crippen LogP contribution in [0.2, 0.25) is 0 Å². The first kappa shape index (κ1) is 15.7. The van der Waals surface area contributed by atoms with Crippen molar-refractivity contribution >= 4 is 11.0 Å². The molecule has 0 fully saturated rings. The van der Waals surface area contributed by atoms with Gasteiger partial charge in [-0.05, 0) is 31.0 Å². The van der Waals surface area contributed by atoms with Gasteiger partial charge in [0.2, 0.25) is 0 Å². The maximum absolute atomic E-state index is 6.14. The summed E-state index contributed by atoms with van der Waals surface area (Å²) in [5.41, 5.74) is 10.5. The molecule has 3 rings (SSSR count). The summed E-state index contributed by atoms with van der Waals surface area (Å²) in [6.45, 7) is 7.85. The van der Waals surface area contributed by atoms with Gasteiger partial charge in [0.05, 0.1) is 28.3 Å². The average molecular weight is 311 g/mol. The summed E-state index contributed by atoms with van der Waals surface area (Å²) < 4.78 is 4.21. The molecule has 0 spiro atoms. The Morgan fingerprint density at radius 2 is 1.96 bits per heavy atom. The minimum atomic E-state index is 0.0485. The third kappa shape index (κ3) is 2.65. The molecule has 0 bridgehead atoms. The van der Waals surface area contributed by atoms with Crippen LogP contribution in [-0.2, 0) is 13.6 Å². The SMILES string of the molecule is CCn1c(C(CN)c2cc(C(C)C)nn2C)nc2ccccc21. The fourth-order valence-corrected chi connectivity index (χ4v) is 3.16. The number of para-hydroxylation sites is 2. The molecule has 1 aromatic carbocycles. The molecule has 2 aromatic heterocycles. The molecule has 5 heteroatoms. The third-order valence-corrected chi connectivity index (χ3v) is 4.43. The van der Waals surface area contributed by atoms with Crippen molar-refractivity contribution < 1.29 is 0 Å². The summed E-state index contributed by atoms with van der Waals surface area (Å²) in [6.07, 6.45) is 0. The predicted molar refractivity (Wildman–Crippen MR) is 93.6 cm³/mol. The molecule has 0 saturated carbocycles. The van der Waals surface area contributed by atoms with Crippen LogP contribution in [0.5, 0.6) is 0 Å². The van der Waals surface area contributed by atoms with Crippen LogP contribution in [0.25, 0.3) is 11.0 Å². The van der Waals surface area contributed by atoms with Gasteiger partial charge in [0, 0.05) is 20.1 Å². The molecule has 2 N–H and O–H groups in total. The lowest BCUT2D eigenvalue weighted by atomic mass is 10.0. The Kier molecular flexibility index (Phi) is 4.22. The van der Waals surface area contributed by atoms with E-state index in [0.717, 1.165) is 34.8 Å². The molecule has 0 saturated heterocycles. The van der Waals surface area contributed by atoms with Crippen molar-refractivity contribution in [3.63, 3.8) is 0 Å². The van der Waals surface area contributed by atoms with Gasteiger partial charge in [-0.2, -0.15) is 5.10 Å². The lowest BCUT2D eigenvalue weighted by Crippen LogP contribution is -2.21. The van der Waals surface area contributed by atoms with Crippen molar-refractivity contribution in [2.75, 3.05) is 6.54 Å². The smallest absolute Gasteiger partial charge is 0.120 e. The fourth-order valence-electron chi connectivity index (χ4n) is 3.16. The molecule has 0 aliphatic carbocycles. The number of fused-ring (bicyclic) bond motifs is 1. The highest BCUT2D eigenvalue weighted by atomic mass is 15.3. The number of aryl methyl sites for hydroxylation is 2. The first-order valence-corrected chi connectivity index (χ1v) is 8.25. The van der Waals surface area contributed by atoms with E-state index >= 15 is 0 Å². The Hall–Kier alpha value is -2.14. The van der Waals surface area contributed by atoms with Crippen molar-refractivity contribution in [2.24, 2.45) is 12.8 Å². The number of nitrogens with zero attached hydrogens (tertiary/aromatic N) is 4. The van der Waals surface area contributed by atoms with Gasteiger partial charge in [-0.3, -0.25) is 4.68 Å². The standard InChI is InChI=1S/C18H25N5/c1-5-23-16-9-7-6-8-14(16)20-18(23)13(11-19)17-10-15(12(2)3)21-22(17)4/h6-10,12-13H,5,11,19H2,1-4H3. The van der Waals surface area contributed by atoms with E-state index in [9.17, 15) is 0 Å². The number of imidazole rings is 1. The van der Waals surface area contributed by atoms with Gasteiger partial charge in [0.1, 0.15) is 5.82 Å². The number of nitrogens with two attached hydrogens (primary N) is 1. The zero-order valence-corrected chi connectivity index (χ0v) is 14.3. The fraction of sp³-hybridized carbons (Fsp3) is 0.444. The molecule has 23 heavy (non-hydrogen) atoms. The largest absolute Gasteiger partial charge is 0.329 e. The maximum Gasteiger partial charge on any atom is 0.120 e. The lowest BCUT2D eigenvalue weighted by molar-refractivity contribution is 0.603. The van der Waals surface area contributed by atoms with Crippen molar-refractivity contribution in [2.45, 2.75) is 39.2 Å². The Balaban J connectivity index is 2.15. The molecule has 3 aromatic rings. The zero-order chi connectivity index (χ0) is 16.6. The lowest BCUT2D eigenvalue weighted by Gasteiger charge is -2.16. The number of hydrogen-bond acceptors (Lipinski definition) is 3. The summed E-state index contributed by atoms with van der Waals surface area (Å²) in [7, 11) is 1.99. The predicted octanol–water partition coefficient (Wildman–Crippen LogP) is 3.00. The molecule has 0 aliphatic heterocycles. The Morgan fingerprint density at radius 3 is 2.57 bits per heavy atom. The highest BCUT2D eigenvalue weighted by Gasteiger charge is 2.24. The molecule has 122 valence electrons. The second-order valence-electron chi connectivity index (χ2n) is 6.26. The minimum absolute atomic E-state index is 0.0485. The normalized spacial score (nSPS) is 13.1. The van der Waals surface area contributed by atoms with Gasteiger partial charge in [0.15, 0.2) is 0 Å². The summed E-state index contributed by atoms with van der Waals surface area (Å²) in [5.74, 6) is 1.47. The summed E-state index contributed by atoms with van der Waals surface area (Å²) >= 11 is 0. The van der Waals surface area contributed by atoms with E-state index < -0.39 is 0 Å². The Morgan fingerprint density at radius 1 is 1.22 bits per heavy atom. The van der Waals surface area contributed by atoms with E-state index in [1.807, 2.05) is 17.8 Å². The first-order valence-electron chi connectivity index (χ1n) is 8.25. The van der Waals surface area contributed by atoms with Gasteiger partial charge in [-0.15, -0.1) is 0 Å². The van der Waals surface area contributed by atoms with Crippen molar-refractivity contribution in [1.82, 2.24) is 19.3 Å². The molecular formula is C18H25N5. The van der Waals surface area contributed by atoms with Crippen LogP contribution in [0, 0.1) is 0 Å². The quantitative estimate of drug-likeness (QED) is 0.788. The Bertz CT molecular complexity index is 812. The highest BCUT2D eigenvalue weighted by molar-refractivity contribution is 5.76. The number of rotatable bonds is 5. The zero-order valence-electron chi connectivity index (χ0n) is 14.3. The van der Waals surface area contributed by atoms with E-state index in [4.69, 9.17) is 10.7 Å². The summed E-state index contributed by atoms with van der Waals surface area (Å²) in [5, 5.41) is 4.64. The molecular weight excluding hydrogens is 286 g/mol. The maximum atomic E-state index is 6.14. The van der Waals surface area contributed by atoms with Crippen molar-refractivity contribution in [3.8, 4) is 0 Å². The first-order chi connectivity index (χ1) is 11.1. The number of benzene rings is 1. The third-order valence-electron chi connectivity index (χ3n) is 4.43. The molecule has 1 atom stereocenters. The van der Waals surface area contributed by atoms with Crippen LogP contribution < -0.4 is 5.73 Å². The minimum Gasteiger partial charge on any atom is -0.329 e. The molecule has 5 nitrogen and oxygen atoms in total. The van der Waals surface area contributed by atoms with Crippen LogP contribution >= 0.6 is 0 Å². The summed E-state index contributed by atoms with van der Waals surface area (Å²) in [4.78, 5) is 4.87. The van der Waals surface area contributed by atoms with Crippen LogP contribution in [0.3, 0.4) is 0 Å². The van der Waals surface area contributed by atoms with E-state index in [1.54, 1.807) is 0 Å². The molecule has 2 heterocycles. The van der Waals surface area contributed by atoms with Gasteiger partial charge < -0.3 is 10.3 Å². The van der Waals surface area contributed by atoms with Gasteiger partial charge in [-0.1, -0.05) is 26.0 Å². The molecule has 0 aliphatic rings. The highest BCUT2D eigenvalue weighted by Crippen LogP contribution is 2.28. The van der Waals surface area contributed by atoms with E-state index in [0.29, 0.717) is 12.5 Å². The van der Waals surface area contributed by atoms with Gasteiger partial charge in [-0.25, -0.2) is 4.98 Å². The van der Waals surface area contributed by atoms with Crippen LogP contribution in [0.1, 0.15) is 49.8 Å². The van der Waals surface area contributed by atoms with Gasteiger partial charge >= 0.3 is 0 Å². The van der Waals surface area contributed by atoms with Crippen molar-refractivity contribution in [3.05, 3.63) is 47.5 Å². The monoisotopic (exact) mass is 311 g/mol. The van der Waals surface area contributed by atoms with Crippen LogP contribution in [0.15, 0.2) is 30.3 Å². The molecule has 0 amide bonds. The number of hydrogen-bond donors (Lipinski definition) is 1. The van der Waals surface area contributed by atoms with E-state index in [-0.39, 0.29) is 5.92 Å². The second-order valence-corrected chi connectivity index (χ2v) is 6.26. The van der Waals surface area contributed by atoms with Crippen molar-refractivity contribution in [1.29, 1.82) is 0 Å². The topological polar surface area (TPSA) is 61.7 Å². The van der Waals surface area contributed by atoms with Crippen LogP contribution in [0.4, 0.5) is 0 Å². The van der Waals surface area contributed by atoms with Gasteiger partial charge in [0.25, 0.3) is 0 Å². The summed E-state index contributed by atoms with van der Waals surface area (Å²) in [6, 6.07) is 10.4. The van der Waals surface area contributed by atoms with Crippen LogP contribution in [-0.4, -0.2) is 25.9 Å². The van der Waals surface area contributed by atoms with E-state index in [2.05, 4.69) is 54.7 Å². The second kappa shape index (κ2) is 6.16. The number of aromatic nitrogens is 4. The Labute approximate surface area is 137 Å². The average Bonchev–Trinajstić information content (AvgIpc) is 3.09.